The quantitative estimate of drug-likeness (QED) is 0.789. The Bertz CT molecular complexity index is 647. The Morgan fingerprint density at radius 3 is 2.82 bits per heavy atom. The molecule has 4 rings (SSSR count). The van der Waals surface area contributed by atoms with Crippen LogP contribution in [0, 0.1) is 12.3 Å². The van der Waals surface area contributed by atoms with Gasteiger partial charge >= 0.3 is 0 Å². The normalized spacial score (nSPS) is 23.9. The van der Waals surface area contributed by atoms with Crippen LogP contribution in [0.1, 0.15) is 32.3 Å². The number of hydrogen-bond acceptors (Lipinski definition) is 3. The lowest BCUT2D eigenvalue weighted by molar-refractivity contribution is 0.160. The summed E-state index contributed by atoms with van der Waals surface area (Å²) in [5.74, 6) is 1.15. The maximum atomic E-state index is 5.63. The molecule has 3 nitrogen and oxygen atoms in total. The lowest BCUT2D eigenvalue weighted by Gasteiger charge is -2.23. The molecule has 2 aromatic rings. The summed E-state index contributed by atoms with van der Waals surface area (Å²) < 4.78 is 5.63. The lowest BCUT2D eigenvalue weighted by atomic mass is 9.87. The van der Waals surface area contributed by atoms with Gasteiger partial charge < -0.3 is 9.64 Å². The predicted octanol–water partition coefficient (Wildman–Crippen LogP) is 4.19. The van der Waals surface area contributed by atoms with Gasteiger partial charge in [0.05, 0.1) is 6.61 Å². The Balaban J connectivity index is 0.000000693. The number of benzene rings is 1. The van der Waals surface area contributed by atoms with Crippen LogP contribution in [0.25, 0.3) is 10.8 Å². The molecule has 22 heavy (non-hydrogen) atoms. The summed E-state index contributed by atoms with van der Waals surface area (Å²) in [4.78, 5) is 7.12. The Morgan fingerprint density at radius 1 is 1.18 bits per heavy atom. The van der Waals surface area contributed by atoms with Crippen molar-refractivity contribution in [3.8, 4) is 0 Å². The number of aryl methyl sites for hydroxylation is 1. The van der Waals surface area contributed by atoms with E-state index in [0.29, 0.717) is 5.41 Å². The molecule has 1 aromatic carbocycles. The minimum Gasteiger partial charge on any atom is -0.381 e. The molecular formula is C19H26N2O. The fourth-order valence-electron chi connectivity index (χ4n) is 3.61. The molecule has 2 aliphatic heterocycles. The number of rotatable bonds is 1. The first kappa shape index (κ1) is 15.3. The van der Waals surface area contributed by atoms with Gasteiger partial charge in [0.1, 0.15) is 5.82 Å². The third-order valence-electron chi connectivity index (χ3n) is 4.82. The van der Waals surface area contributed by atoms with Gasteiger partial charge in [-0.2, -0.15) is 0 Å². The van der Waals surface area contributed by atoms with Crippen molar-refractivity contribution in [2.45, 2.75) is 33.6 Å². The highest BCUT2D eigenvalue weighted by Gasteiger charge is 2.41. The van der Waals surface area contributed by atoms with Crippen molar-refractivity contribution in [1.29, 1.82) is 0 Å². The van der Waals surface area contributed by atoms with Crippen molar-refractivity contribution < 1.29 is 4.74 Å². The Labute approximate surface area is 133 Å². The van der Waals surface area contributed by atoms with Crippen LogP contribution in [-0.4, -0.2) is 31.3 Å². The van der Waals surface area contributed by atoms with Crippen LogP contribution in [0.15, 0.2) is 30.5 Å². The van der Waals surface area contributed by atoms with E-state index in [0.717, 1.165) is 32.1 Å². The smallest absolute Gasteiger partial charge is 0.136 e. The van der Waals surface area contributed by atoms with E-state index in [4.69, 9.17) is 4.74 Å². The van der Waals surface area contributed by atoms with Gasteiger partial charge in [0.15, 0.2) is 0 Å². The number of hydrogen-bond donors (Lipinski definition) is 0. The number of pyridine rings is 1. The number of aromatic nitrogens is 1. The fraction of sp³-hybridized carbons (Fsp3) is 0.526. The van der Waals surface area contributed by atoms with Gasteiger partial charge in [-0.25, -0.2) is 4.98 Å². The van der Waals surface area contributed by atoms with Crippen LogP contribution in [0.2, 0.25) is 0 Å². The van der Waals surface area contributed by atoms with Gasteiger partial charge in [-0.3, -0.25) is 0 Å². The number of fused-ring (bicyclic) bond motifs is 1. The zero-order valence-corrected chi connectivity index (χ0v) is 13.9. The fourth-order valence-corrected chi connectivity index (χ4v) is 3.61. The van der Waals surface area contributed by atoms with E-state index in [9.17, 15) is 0 Å². The molecule has 2 fully saturated rings. The summed E-state index contributed by atoms with van der Waals surface area (Å²) in [7, 11) is 0. The first-order valence-electron chi connectivity index (χ1n) is 8.44. The van der Waals surface area contributed by atoms with Gasteiger partial charge in [0.25, 0.3) is 0 Å². The van der Waals surface area contributed by atoms with Crippen molar-refractivity contribution in [3.05, 3.63) is 36.0 Å². The van der Waals surface area contributed by atoms with E-state index in [1.165, 1.54) is 29.2 Å². The molecule has 0 bridgehead atoms. The van der Waals surface area contributed by atoms with E-state index in [-0.39, 0.29) is 0 Å². The van der Waals surface area contributed by atoms with Crippen molar-refractivity contribution in [3.63, 3.8) is 0 Å². The summed E-state index contributed by atoms with van der Waals surface area (Å²) >= 11 is 0. The molecule has 0 N–H and O–H groups in total. The van der Waals surface area contributed by atoms with E-state index < -0.39 is 0 Å². The second kappa shape index (κ2) is 6.25. The van der Waals surface area contributed by atoms with Crippen molar-refractivity contribution in [2.75, 3.05) is 31.2 Å². The van der Waals surface area contributed by atoms with Crippen molar-refractivity contribution in [1.82, 2.24) is 4.98 Å². The van der Waals surface area contributed by atoms with Crippen LogP contribution in [0.5, 0.6) is 0 Å². The molecule has 0 amide bonds. The monoisotopic (exact) mass is 298 g/mol. The highest BCUT2D eigenvalue weighted by Crippen LogP contribution is 2.40. The van der Waals surface area contributed by atoms with Gasteiger partial charge in [-0.15, -0.1) is 0 Å². The molecule has 1 unspecified atom stereocenters. The largest absolute Gasteiger partial charge is 0.381 e. The van der Waals surface area contributed by atoms with E-state index in [1.54, 1.807) is 0 Å². The lowest BCUT2D eigenvalue weighted by Crippen LogP contribution is -2.28. The van der Waals surface area contributed by atoms with E-state index >= 15 is 0 Å². The van der Waals surface area contributed by atoms with E-state index in [1.807, 2.05) is 20.0 Å². The van der Waals surface area contributed by atoms with E-state index in [2.05, 4.69) is 41.1 Å². The maximum Gasteiger partial charge on any atom is 0.136 e. The second-order valence-corrected chi connectivity index (χ2v) is 6.33. The highest BCUT2D eigenvalue weighted by atomic mass is 16.5. The zero-order valence-electron chi connectivity index (χ0n) is 13.9. The molecule has 3 heteroatoms. The highest BCUT2D eigenvalue weighted by molar-refractivity contribution is 5.92. The van der Waals surface area contributed by atoms with Crippen LogP contribution in [-0.2, 0) is 4.74 Å². The van der Waals surface area contributed by atoms with Crippen LogP contribution in [0.4, 0.5) is 5.82 Å². The Hall–Kier alpha value is -1.61. The molecule has 1 spiro atoms. The second-order valence-electron chi connectivity index (χ2n) is 6.33. The average Bonchev–Trinajstić information content (AvgIpc) is 3.19. The minimum atomic E-state index is 0.383. The first-order chi connectivity index (χ1) is 10.8. The molecule has 118 valence electrons. The molecule has 2 aliphatic rings. The minimum absolute atomic E-state index is 0.383. The Kier molecular flexibility index (Phi) is 4.34. The van der Waals surface area contributed by atoms with Crippen molar-refractivity contribution >= 4 is 16.6 Å². The summed E-state index contributed by atoms with van der Waals surface area (Å²) in [5, 5.41) is 2.56. The summed E-state index contributed by atoms with van der Waals surface area (Å²) in [6.07, 6.45) is 4.37. The number of nitrogens with zero attached hydrogens (tertiary/aromatic N) is 2. The topological polar surface area (TPSA) is 25.4 Å². The maximum absolute atomic E-state index is 5.63. The third-order valence-corrected chi connectivity index (χ3v) is 4.82. The summed E-state index contributed by atoms with van der Waals surface area (Å²) in [6, 6.07) is 8.72. The zero-order chi connectivity index (χ0) is 15.6. The first-order valence-corrected chi connectivity index (χ1v) is 8.44. The average molecular weight is 298 g/mol. The van der Waals surface area contributed by atoms with Gasteiger partial charge in [0.2, 0.25) is 0 Å². The van der Waals surface area contributed by atoms with Crippen LogP contribution >= 0.6 is 0 Å². The molecule has 1 atom stereocenters. The van der Waals surface area contributed by atoms with Crippen LogP contribution in [0.3, 0.4) is 0 Å². The van der Waals surface area contributed by atoms with Gasteiger partial charge in [0, 0.05) is 36.7 Å². The number of anilines is 1. The summed E-state index contributed by atoms with van der Waals surface area (Å²) in [5.41, 5.74) is 1.68. The number of ether oxygens (including phenoxy) is 1. The molecule has 1 aromatic heterocycles. The molecule has 0 radical (unpaired) electrons. The molecule has 0 aliphatic carbocycles. The standard InChI is InChI=1S/C17H20N2O.C2H6/c1-13-2-3-14-4-7-18-16(15(14)10-13)19-8-5-17(11-19)6-9-20-12-17;1-2/h2-4,7,10H,5-6,8-9,11-12H2,1H3;1-2H3. The SMILES string of the molecule is CC.Cc1ccc2ccnc(N3CCC4(CCOC4)C3)c2c1. The Morgan fingerprint density at radius 2 is 2.05 bits per heavy atom. The van der Waals surface area contributed by atoms with Crippen molar-refractivity contribution in [2.24, 2.45) is 5.41 Å². The van der Waals surface area contributed by atoms with Gasteiger partial charge in [-0.05, 0) is 37.3 Å². The summed E-state index contributed by atoms with van der Waals surface area (Å²) in [6.45, 7) is 10.2. The third kappa shape index (κ3) is 2.70. The molecule has 3 heterocycles. The predicted molar refractivity (Wildman–Crippen MR) is 92.5 cm³/mol. The van der Waals surface area contributed by atoms with Crippen LogP contribution < -0.4 is 4.90 Å². The molecule has 0 saturated carbocycles. The molecular weight excluding hydrogens is 272 g/mol. The van der Waals surface area contributed by atoms with Gasteiger partial charge in [-0.1, -0.05) is 31.5 Å². The molecule has 2 saturated heterocycles.